The van der Waals surface area contributed by atoms with Crippen molar-refractivity contribution in [1.82, 2.24) is 9.97 Å². The zero-order valence-electron chi connectivity index (χ0n) is 15.0. The minimum atomic E-state index is -0.293. The predicted molar refractivity (Wildman–Crippen MR) is 114 cm³/mol. The van der Waals surface area contributed by atoms with Crippen LogP contribution in [0.15, 0.2) is 77.4 Å². The SMILES string of the molecule is CC(Sc1ncnc2sccc12)C(=O)Nc1ccc(Oc2ccccc2)cc1. The number of aromatic nitrogens is 2. The molecule has 140 valence electrons. The summed E-state index contributed by atoms with van der Waals surface area (Å²) in [5.41, 5.74) is 0.723. The van der Waals surface area contributed by atoms with Gasteiger partial charge in [0.05, 0.1) is 5.25 Å². The Hall–Kier alpha value is -2.90. The van der Waals surface area contributed by atoms with E-state index in [-0.39, 0.29) is 11.2 Å². The van der Waals surface area contributed by atoms with Gasteiger partial charge in [-0.2, -0.15) is 0 Å². The van der Waals surface area contributed by atoms with Crippen molar-refractivity contribution < 1.29 is 9.53 Å². The quantitative estimate of drug-likeness (QED) is 0.333. The molecule has 1 atom stereocenters. The normalized spacial score (nSPS) is 11.9. The fraction of sp³-hybridized carbons (Fsp3) is 0.0952. The van der Waals surface area contributed by atoms with Crippen LogP contribution in [-0.2, 0) is 4.79 Å². The summed E-state index contributed by atoms with van der Waals surface area (Å²) in [6.07, 6.45) is 1.54. The molecule has 0 fully saturated rings. The van der Waals surface area contributed by atoms with Crippen molar-refractivity contribution in [3.05, 3.63) is 72.4 Å². The van der Waals surface area contributed by atoms with Crippen LogP contribution in [0.3, 0.4) is 0 Å². The van der Waals surface area contributed by atoms with E-state index in [0.29, 0.717) is 5.75 Å². The van der Waals surface area contributed by atoms with E-state index in [2.05, 4.69) is 15.3 Å². The molecule has 2 aromatic carbocycles. The summed E-state index contributed by atoms with van der Waals surface area (Å²) in [6, 6.07) is 18.9. The van der Waals surface area contributed by atoms with E-state index < -0.39 is 0 Å². The van der Waals surface area contributed by atoms with Gasteiger partial charge in [-0.15, -0.1) is 11.3 Å². The lowest BCUT2D eigenvalue weighted by Gasteiger charge is -2.12. The Labute approximate surface area is 170 Å². The molecule has 2 heterocycles. The molecule has 0 saturated heterocycles. The third kappa shape index (κ3) is 4.32. The first kappa shape index (κ1) is 18.5. The molecule has 0 saturated carbocycles. The number of nitrogens with zero attached hydrogens (tertiary/aromatic N) is 2. The van der Waals surface area contributed by atoms with Gasteiger partial charge >= 0.3 is 0 Å². The molecular formula is C21H17N3O2S2. The van der Waals surface area contributed by atoms with Gasteiger partial charge in [-0.1, -0.05) is 30.0 Å². The molecule has 7 heteroatoms. The molecule has 2 aromatic heterocycles. The topological polar surface area (TPSA) is 64.1 Å². The lowest BCUT2D eigenvalue weighted by Crippen LogP contribution is -2.22. The highest BCUT2D eigenvalue weighted by Crippen LogP contribution is 2.31. The maximum absolute atomic E-state index is 12.6. The predicted octanol–water partition coefficient (Wildman–Crippen LogP) is 5.60. The number of anilines is 1. The zero-order chi connectivity index (χ0) is 19.3. The Morgan fingerprint density at radius 2 is 1.79 bits per heavy atom. The second-order valence-electron chi connectivity index (χ2n) is 6.01. The number of nitrogens with one attached hydrogen (secondary N) is 1. The first-order valence-corrected chi connectivity index (χ1v) is 10.4. The summed E-state index contributed by atoms with van der Waals surface area (Å²) in [6.45, 7) is 1.87. The van der Waals surface area contributed by atoms with E-state index in [4.69, 9.17) is 4.74 Å². The van der Waals surface area contributed by atoms with Crippen LogP contribution in [0.2, 0.25) is 0 Å². The van der Waals surface area contributed by atoms with Crippen LogP contribution in [0.5, 0.6) is 11.5 Å². The number of benzene rings is 2. The van der Waals surface area contributed by atoms with Crippen molar-refractivity contribution in [2.45, 2.75) is 17.2 Å². The number of ether oxygens (including phenoxy) is 1. The van der Waals surface area contributed by atoms with Crippen LogP contribution in [0.25, 0.3) is 10.2 Å². The molecule has 4 rings (SSSR count). The first-order valence-electron chi connectivity index (χ1n) is 8.68. The van der Waals surface area contributed by atoms with Crippen molar-refractivity contribution in [2.75, 3.05) is 5.32 Å². The van der Waals surface area contributed by atoms with Gasteiger partial charge in [-0.05, 0) is 54.8 Å². The molecule has 0 aliphatic carbocycles. The minimum Gasteiger partial charge on any atom is -0.457 e. The van der Waals surface area contributed by atoms with Crippen LogP contribution < -0.4 is 10.1 Å². The van der Waals surface area contributed by atoms with Crippen molar-refractivity contribution in [2.24, 2.45) is 0 Å². The lowest BCUT2D eigenvalue weighted by molar-refractivity contribution is -0.115. The second-order valence-corrected chi connectivity index (χ2v) is 8.23. The molecule has 0 radical (unpaired) electrons. The van der Waals surface area contributed by atoms with Crippen molar-refractivity contribution >= 4 is 44.9 Å². The molecule has 1 unspecified atom stereocenters. The number of thioether (sulfide) groups is 1. The Morgan fingerprint density at radius 1 is 1.04 bits per heavy atom. The number of thiophene rings is 1. The van der Waals surface area contributed by atoms with E-state index in [1.807, 2.05) is 73.0 Å². The standard InChI is InChI=1S/C21H17N3O2S2/c1-14(28-21-18-11-12-27-20(18)22-13-23-21)19(25)24-15-7-9-17(10-8-15)26-16-5-3-2-4-6-16/h2-14H,1H3,(H,24,25). The molecule has 5 nitrogen and oxygen atoms in total. The molecule has 1 amide bonds. The Balaban J connectivity index is 1.38. The smallest absolute Gasteiger partial charge is 0.237 e. The molecule has 28 heavy (non-hydrogen) atoms. The van der Waals surface area contributed by atoms with Gasteiger partial charge in [-0.3, -0.25) is 4.79 Å². The highest BCUT2D eigenvalue weighted by molar-refractivity contribution is 8.00. The lowest BCUT2D eigenvalue weighted by atomic mass is 10.3. The van der Waals surface area contributed by atoms with Crippen molar-refractivity contribution in [3.63, 3.8) is 0 Å². The van der Waals surface area contributed by atoms with Gasteiger partial charge in [-0.25, -0.2) is 9.97 Å². The second kappa shape index (κ2) is 8.41. The summed E-state index contributed by atoms with van der Waals surface area (Å²) in [7, 11) is 0. The van der Waals surface area contributed by atoms with Crippen LogP contribution in [0, 0.1) is 0 Å². The number of rotatable bonds is 6. The molecular weight excluding hydrogens is 390 g/mol. The highest BCUT2D eigenvalue weighted by Gasteiger charge is 2.17. The molecule has 0 bridgehead atoms. The number of hydrogen-bond acceptors (Lipinski definition) is 6. The summed E-state index contributed by atoms with van der Waals surface area (Å²) >= 11 is 2.99. The zero-order valence-corrected chi connectivity index (χ0v) is 16.7. The van der Waals surface area contributed by atoms with E-state index in [0.717, 1.165) is 26.7 Å². The van der Waals surface area contributed by atoms with E-state index >= 15 is 0 Å². The number of carbonyl (C=O) groups excluding carboxylic acids is 1. The highest BCUT2D eigenvalue weighted by atomic mass is 32.2. The van der Waals surface area contributed by atoms with Crippen LogP contribution in [-0.4, -0.2) is 21.1 Å². The number of carbonyl (C=O) groups is 1. The maximum atomic E-state index is 12.6. The third-order valence-electron chi connectivity index (χ3n) is 3.98. The van der Waals surface area contributed by atoms with E-state index in [1.54, 1.807) is 11.3 Å². The van der Waals surface area contributed by atoms with Gasteiger partial charge in [0.25, 0.3) is 0 Å². The van der Waals surface area contributed by atoms with Crippen molar-refractivity contribution in [1.29, 1.82) is 0 Å². The van der Waals surface area contributed by atoms with Gasteiger partial charge in [0.2, 0.25) is 5.91 Å². The average molecular weight is 408 g/mol. The largest absolute Gasteiger partial charge is 0.457 e. The number of amides is 1. The molecule has 0 spiro atoms. The maximum Gasteiger partial charge on any atom is 0.237 e. The number of fused-ring (bicyclic) bond motifs is 1. The summed E-state index contributed by atoms with van der Waals surface area (Å²) in [4.78, 5) is 22.1. The fourth-order valence-corrected chi connectivity index (χ4v) is 4.25. The minimum absolute atomic E-state index is 0.0799. The van der Waals surface area contributed by atoms with E-state index in [9.17, 15) is 4.79 Å². The molecule has 0 aliphatic rings. The van der Waals surface area contributed by atoms with Gasteiger partial charge in [0.1, 0.15) is 27.7 Å². The van der Waals surface area contributed by atoms with Crippen molar-refractivity contribution in [3.8, 4) is 11.5 Å². The van der Waals surface area contributed by atoms with Gasteiger partial charge in [0, 0.05) is 11.1 Å². The fourth-order valence-electron chi connectivity index (χ4n) is 2.56. The van der Waals surface area contributed by atoms with Crippen LogP contribution >= 0.6 is 23.1 Å². The summed E-state index contributed by atoms with van der Waals surface area (Å²) in [5, 5.41) is 6.43. The molecule has 1 N–H and O–H groups in total. The van der Waals surface area contributed by atoms with Crippen LogP contribution in [0.4, 0.5) is 5.69 Å². The molecule has 0 aliphatic heterocycles. The Kier molecular flexibility index (Phi) is 5.55. The molecule has 4 aromatic rings. The summed E-state index contributed by atoms with van der Waals surface area (Å²) < 4.78 is 5.77. The monoisotopic (exact) mass is 407 g/mol. The number of hydrogen-bond donors (Lipinski definition) is 1. The Morgan fingerprint density at radius 3 is 2.57 bits per heavy atom. The number of para-hydroxylation sites is 1. The average Bonchev–Trinajstić information content (AvgIpc) is 3.20. The Bertz CT molecular complexity index is 1080. The van der Waals surface area contributed by atoms with Gasteiger partial charge < -0.3 is 10.1 Å². The van der Waals surface area contributed by atoms with Gasteiger partial charge in [0.15, 0.2) is 0 Å². The third-order valence-corrected chi connectivity index (χ3v) is 5.92. The van der Waals surface area contributed by atoms with Crippen LogP contribution in [0.1, 0.15) is 6.92 Å². The summed E-state index contributed by atoms with van der Waals surface area (Å²) in [5.74, 6) is 1.41. The van der Waals surface area contributed by atoms with E-state index in [1.165, 1.54) is 18.1 Å². The first-order chi connectivity index (χ1) is 13.7.